The van der Waals surface area contributed by atoms with Crippen molar-refractivity contribution in [3.8, 4) is 11.3 Å². The van der Waals surface area contributed by atoms with Gasteiger partial charge in [0.1, 0.15) is 0 Å². The Balaban J connectivity index is 2.51. The van der Waals surface area contributed by atoms with Crippen molar-refractivity contribution in [3.05, 3.63) is 41.6 Å². The fourth-order valence-corrected chi connectivity index (χ4v) is 1.90. The van der Waals surface area contributed by atoms with Gasteiger partial charge in [-0.3, -0.25) is 0 Å². The van der Waals surface area contributed by atoms with Crippen LogP contribution in [0.1, 0.15) is 30.9 Å². The van der Waals surface area contributed by atoms with Gasteiger partial charge in [0.15, 0.2) is 0 Å². The largest absolute Gasteiger partial charge is 0.357 e. The molecule has 1 N–H and O–H groups in total. The van der Waals surface area contributed by atoms with Gasteiger partial charge in [-0.2, -0.15) is 0 Å². The molecular formula is C15H19N3. The Hall–Kier alpha value is -1.90. The Bertz CT molecular complexity index is 547. The molecule has 0 bridgehead atoms. The fourth-order valence-electron chi connectivity index (χ4n) is 1.90. The monoisotopic (exact) mass is 241 g/mol. The van der Waals surface area contributed by atoms with Crippen LogP contribution in [0.5, 0.6) is 0 Å². The van der Waals surface area contributed by atoms with Crippen molar-refractivity contribution >= 4 is 5.95 Å². The summed E-state index contributed by atoms with van der Waals surface area (Å²) in [6.45, 7) is 6.52. The molecule has 0 radical (unpaired) electrons. The molecular weight excluding hydrogens is 222 g/mol. The maximum absolute atomic E-state index is 4.50. The minimum atomic E-state index is 0.523. The molecule has 0 saturated heterocycles. The van der Waals surface area contributed by atoms with E-state index >= 15 is 0 Å². The molecule has 0 aliphatic carbocycles. The average molecular weight is 241 g/mol. The lowest BCUT2D eigenvalue weighted by Crippen LogP contribution is -1.98. The van der Waals surface area contributed by atoms with Crippen LogP contribution in [-0.2, 0) is 0 Å². The molecule has 0 amide bonds. The zero-order valence-corrected chi connectivity index (χ0v) is 11.4. The number of benzene rings is 1. The first-order valence-electron chi connectivity index (χ1n) is 6.23. The Kier molecular flexibility index (Phi) is 3.60. The van der Waals surface area contributed by atoms with Crippen LogP contribution >= 0.6 is 0 Å². The Morgan fingerprint density at radius 2 is 1.94 bits per heavy atom. The summed E-state index contributed by atoms with van der Waals surface area (Å²) in [6, 6.07) is 8.52. The number of aryl methyl sites for hydroxylation is 1. The summed E-state index contributed by atoms with van der Waals surface area (Å²) < 4.78 is 0. The van der Waals surface area contributed by atoms with E-state index in [4.69, 9.17) is 0 Å². The molecule has 2 aromatic rings. The lowest BCUT2D eigenvalue weighted by atomic mass is 9.96. The predicted molar refractivity (Wildman–Crippen MR) is 75.8 cm³/mol. The van der Waals surface area contributed by atoms with E-state index in [2.05, 4.69) is 54.3 Å². The molecule has 0 atom stereocenters. The van der Waals surface area contributed by atoms with Gasteiger partial charge in [0.2, 0.25) is 5.95 Å². The van der Waals surface area contributed by atoms with Crippen LogP contribution in [-0.4, -0.2) is 17.0 Å². The third-order valence-electron chi connectivity index (χ3n) is 3.08. The molecule has 0 spiro atoms. The maximum Gasteiger partial charge on any atom is 0.222 e. The molecule has 94 valence electrons. The first kappa shape index (κ1) is 12.6. The van der Waals surface area contributed by atoms with Crippen LogP contribution in [0.25, 0.3) is 11.3 Å². The summed E-state index contributed by atoms with van der Waals surface area (Å²) in [5.74, 6) is 1.18. The summed E-state index contributed by atoms with van der Waals surface area (Å²) in [6.07, 6.45) is 1.79. The smallest absolute Gasteiger partial charge is 0.222 e. The van der Waals surface area contributed by atoms with Crippen LogP contribution in [0.2, 0.25) is 0 Å². The van der Waals surface area contributed by atoms with E-state index < -0.39 is 0 Å². The van der Waals surface area contributed by atoms with Crippen LogP contribution in [0, 0.1) is 6.92 Å². The highest BCUT2D eigenvalue weighted by molar-refractivity contribution is 5.65. The maximum atomic E-state index is 4.50. The Labute approximate surface area is 108 Å². The number of nitrogens with one attached hydrogen (secondary N) is 1. The van der Waals surface area contributed by atoms with Gasteiger partial charge in [-0.15, -0.1) is 0 Å². The number of anilines is 1. The van der Waals surface area contributed by atoms with Crippen molar-refractivity contribution in [1.82, 2.24) is 9.97 Å². The van der Waals surface area contributed by atoms with E-state index in [1.807, 2.05) is 13.1 Å². The molecule has 2 rings (SSSR count). The molecule has 0 aliphatic heterocycles. The number of nitrogens with zero attached hydrogens (tertiary/aromatic N) is 2. The second-order valence-corrected chi connectivity index (χ2v) is 4.74. The SMILES string of the molecule is CNc1nccc(-c2cc(C(C)C)ccc2C)n1. The topological polar surface area (TPSA) is 37.8 Å². The number of aromatic nitrogens is 2. The second kappa shape index (κ2) is 5.17. The van der Waals surface area contributed by atoms with Crippen LogP contribution in [0.4, 0.5) is 5.95 Å². The standard InChI is InChI=1S/C15H19N3/c1-10(2)12-6-5-11(3)13(9-12)14-7-8-17-15(16-4)18-14/h5-10H,1-4H3,(H,16,17,18). The molecule has 1 aromatic carbocycles. The van der Waals surface area contributed by atoms with E-state index in [1.165, 1.54) is 16.7 Å². The van der Waals surface area contributed by atoms with Gasteiger partial charge >= 0.3 is 0 Å². The average Bonchev–Trinajstić information content (AvgIpc) is 2.39. The van der Waals surface area contributed by atoms with Crippen LogP contribution in [0.3, 0.4) is 0 Å². The van der Waals surface area contributed by atoms with Crippen molar-refractivity contribution in [3.63, 3.8) is 0 Å². The van der Waals surface area contributed by atoms with Gasteiger partial charge in [0.25, 0.3) is 0 Å². The van der Waals surface area contributed by atoms with Crippen molar-refractivity contribution in [1.29, 1.82) is 0 Å². The zero-order valence-electron chi connectivity index (χ0n) is 11.4. The Morgan fingerprint density at radius 3 is 2.61 bits per heavy atom. The molecule has 3 heteroatoms. The van der Waals surface area contributed by atoms with Crippen LogP contribution in [0.15, 0.2) is 30.5 Å². The van der Waals surface area contributed by atoms with Gasteiger partial charge < -0.3 is 5.32 Å². The minimum Gasteiger partial charge on any atom is -0.357 e. The second-order valence-electron chi connectivity index (χ2n) is 4.74. The highest BCUT2D eigenvalue weighted by Crippen LogP contribution is 2.26. The first-order chi connectivity index (χ1) is 8.61. The number of hydrogen-bond donors (Lipinski definition) is 1. The van der Waals surface area contributed by atoms with Crippen molar-refractivity contribution < 1.29 is 0 Å². The minimum absolute atomic E-state index is 0.523. The van der Waals surface area contributed by atoms with Gasteiger partial charge in [0.05, 0.1) is 5.69 Å². The molecule has 3 nitrogen and oxygen atoms in total. The molecule has 1 heterocycles. The summed E-state index contributed by atoms with van der Waals surface area (Å²) >= 11 is 0. The summed E-state index contributed by atoms with van der Waals surface area (Å²) in [4.78, 5) is 8.65. The van der Waals surface area contributed by atoms with Crippen molar-refractivity contribution in [2.75, 3.05) is 12.4 Å². The van der Waals surface area contributed by atoms with E-state index in [0.717, 1.165) is 5.69 Å². The molecule has 0 unspecified atom stereocenters. The molecule has 0 aliphatic rings. The first-order valence-corrected chi connectivity index (χ1v) is 6.23. The third kappa shape index (κ3) is 2.50. The molecule has 18 heavy (non-hydrogen) atoms. The summed E-state index contributed by atoms with van der Waals surface area (Å²) in [7, 11) is 1.83. The van der Waals surface area contributed by atoms with Crippen molar-refractivity contribution in [2.24, 2.45) is 0 Å². The highest BCUT2D eigenvalue weighted by atomic mass is 15.1. The van der Waals surface area contributed by atoms with E-state index in [-0.39, 0.29) is 0 Å². The lowest BCUT2D eigenvalue weighted by molar-refractivity contribution is 0.866. The van der Waals surface area contributed by atoms with Crippen molar-refractivity contribution in [2.45, 2.75) is 26.7 Å². The van der Waals surface area contributed by atoms with E-state index in [0.29, 0.717) is 11.9 Å². The molecule has 0 fully saturated rings. The quantitative estimate of drug-likeness (QED) is 0.892. The van der Waals surface area contributed by atoms with E-state index in [1.54, 1.807) is 6.20 Å². The lowest BCUT2D eigenvalue weighted by Gasteiger charge is -2.11. The van der Waals surface area contributed by atoms with Gasteiger partial charge in [-0.25, -0.2) is 9.97 Å². The van der Waals surface area contributed by atoms with Gasteiger partial charge in [-0.05, 0) is 36.1 Å². The zero-order chi connectivity index (χ0) is 13.1. The predicted octanol–water partition coefficient (Wildman–Crippen LogP) is 3.62. The van der Waals surface area contributed by atoms with E-state index in [9.17, 15) is 0 Å². The molecule has 1 aromatic heterocycles. The fraction of sp³-hybridized carbons (Fsp3) is 0.333. The summed E-state index contributed by atoms with van der Waals surface area (Å²) in [5, 5.41) is 2.97. The molecule has 0 saturated carbocycles. The normalized spacial score (nSPS) is 10.7. The Morgan fingerprint density at radius 1 is 1.17 bits per heavy atom. The highest BCUT2D eigenvalue weighted by Gasteiger charge is 2.07. The number of hydrogen-bond acceptors (Lipinski definition) is 3. The van der Waals surface area contributed by atoms with Crippen LogP contribution < -0.4 is 5.32 Å². The number of rotatable bonds is 3. The summed E-state index contributed by atoms with van der Waals surface area (Å²) in [5.41, 5.74) is 4.72. The third-order valence-corrected chi connectivity index (χ3v) is 3.08. The van der Waals surface area contributed by atoms with Gasteiger partial charge in [-0.1, -0.05) is 26.0 Å². The van der Waals surface area contributed by atoms with Gasteiger partial charge in [0, 0.05) is 18.8 Å².